The Hall–Kier alpha value is -2.01. The van der Waals surface area contributed by atoms with Crippen LogP contribution >= 0.6 is 11.8 Å². The predicted octanol–water partition coefficient (Wildman–Crippen LogP) is 2.98. The molecule has 21 heavy (non-hydrogen) atoms. The average molecular weight is 300 g/mol. The fraction of sp³-hybridized carbons (Fsp3) is 0.250. The van der Waals surface area contributed by atoms with Crippen LogP contribution < -0.4 is 4.74 Å². The largest absolute Gasteiger partial charge is 0.480 e. The molecule has 0 radical (unpaired) electrons. The Balaban J connectivity index is 1.90. The van der Waals surface area contributed by atoms with E-state index in [9.17, 15) is 4.79 Å². The molecule has 1 amide bonds. The minimum Gasteiger partial charge on any atom is -0.480 e. The quantitative estimate of drug-likeness (QED) is 0.874. The fourth-order valence-electron chi connectivity index (χ4n) is 2.44. The van der Waals surface area contributed by atoms with Gasteiger partial charge in [0.1, 0.15) is 10.9 Å². The maximum Gasteiger partial charge on any atom is 0.260 e. The number of nitrogens with zero attached hydrogens (tertiary/aromatic N) is 2. The first-order valence-electron chi connectivity index (χ1n) is 6.78. The minimum absolute atomic E-state index is 0.0289. The number of carbonyl (C=O) groups excluding carboxylic acids is 1. The van der Waals surface area contributed by atoms with E-state index in [0.717, 1.165) is 17.9 Å². The maximum atomic E-state index is 12.8. The van der Waals surface area contributed by atoms with Gasteiger partial charge in [-0.15, -0.1) is 11.8 Å². The number of hydrogen-bond acceptors (Lipinski definition) is 4. The maximum absolute atomic E-state index is 12.8. The summed E-state index contributed by atoms with van der Waals surface area (Å²) in [5.74, 6) is 1.29. The standard InChI is InChI=1S/C16H16N2O2S/c1-20-14-13(8-5-9-17-14)15(19)18-10-11-21-16(18)12-6-3-2-4-7-12/h2-9,16H,10-11H2,1H3. The highest BCUT2D eigenvalue weighted by atomic mass is 32.2. The smallest absolute Gasteiger partial charge is 0.260 e. The van der Waals surface area contributed by atoms with Crippen molar-refractivity contribution in [2.24, 2.45) is 0 Å². The highest BCUT2D eigenvalue weighted by Crippen LogP contribution is 2.39. The van der Waals surface area contributed by atoms with Gasteiger partial charge >= 0.3 is 0 Å². The SMILES string of the molecule is COc1ncccc1C(=O)N1CCSC1c1ccccc1. The number of pyridine rings is 1. The summed E-state index contributed by atoms with van der Waals surface area (Å²) in [4.78, 5) is 18.8. The third-order valence-corrected chi connectivity index (χ3v) is 4.69. The number of carbonyl (C=O) groups is 1. The van der Waals surface area contributed by atoms with Gasteiger partial charge in [-0.3, -0.25) is 4.79 Å². The molecule has 1 unspecified atom stereocenters. The molecule has 4 nitrogen and oxygen atoms in total. The van der Waals surface area contributed by atoms with E-state index in [1.54, 1.807) is 30.1 Å². The van der Waals surface area contributed by atoms with E-state index in [2.05, 4.69) is 17.1 Å². The lowest BCUT2D eigenvalue weighted by atomic mass is 10.2. The van der Waals surface area contributed by atoms with Crippen LogP contribution in [-0.2, 0) is 0 Å². The number of benzene rings is 1. The first kappa shape index (κ1) is 13.9. The van der Waals surface area contributed by atoms with Gasteiger partial charge in [-0.1, -0.05) is 30.3 Å². The van der Waals surface area contributed by atoms with Crippen LogP contribution in [0.2, 0.25) is 0 Å². The summed E-state index contributed by atoms with van der Waals surface area (Å²) in [6.07, 6.45) is 1.63. The van der Waals surface area contributed by atoms with Crippen LogP contribution in [0, 0.1) is 0 Å². The molecule has 2 heterocycles. The van der Waals surface area contributed by atoms with Crippen LogP contribution in [0.4, 0.5) is 0 Å². The summed E-state index contributed by atoms with van der Waals surface area (Å²) >= 11 is 1.78. The van der Waals surface area contributed by atoms with E-state index in [1.165, 1.54) is 7.11 Å². The Morgan fingerprint density at radius 3 is 2.86 bits per heavy atom. The number of methoxy groups -OCH3 is 1. The van der Waals surface area contributed by atoms with Crippen LogP contribution in [-0.4, -0.2) is 35.2 Å². The molecule has 1 aliphatic rings. The van der Waals surface area contributed by atoms with E-state index >= 15 is 0 Å². The zero-order valence-electron chi connectivity index (χ0n) is 11.7. The molecule has 5 heteroatoms. The molecule has 3 rings (SSSR count). The first-order chi connectivity index (χ1) is 10.3. The Kier molecular flexibility index (Phi) is 4.10. The van der Waals surface area contributed by atoms with Gasteiger partial charge in [-0.25, -0.2) is 4.98 Å². The normalized spacial score (nSPS) is 17.8. The number of aromatic nitrogens is 1. The van der Waals surface area contributed by atoms with Gasteiger partial charge in [0.25, 0.3) is 5.91 Å². The van der Waals surface area contributed by atoms with Crippen LogP contribution in [0.3, 0.4) is 0 Å². The average Bonchev–Trinajstić information content (AvgIpc) is 3.04. The zero-order valence-corrected chi connectivity index (χ0v) is 12.5. The van der Waals surface area contributed by atoms with Gasteiger partial charge in [0, 0.05) is 18.5 Å². The fourth-order valence-corrected chi connectivity index (χ4v) is 3.70. The summed E-state index contributed by atoms with van der Waals surface area (Å²) in [7, 11) is 1.53. The van der Waals surface area contributed by atoms with E-state index in [-0.39, 0.29) is 11.3 Å². The summed E-state index contributed by atoms with van der Waals surface area (Å²) in [5.41, 5.74) is 1.67. The predicted molar refractivity (Wildman–Crippen MR) is 83.5 cm³/mol. The molecule has 1 atom stereocenters. The second-order valence-electron chi connectivity index (χ2n) is 4.69. The second kappa shape index (κ2) is 6.18. The van der Waals surface area contributed by atoms with E-state index in [0.29, 0.717) is 11.4 Å². The highest BCUT2D eigenvalue weighted by molar-refractivity contribution is 7.99. The van der Waals surface area contributed by atoms with E-state index in [4.69, 9.17) is 4.74 Å². The summed E-state index contributed by atoms with van der Waals surface area (Å²) in [6.45, 7) is 0.737. The molecule has 1 saturated heterocycles. The monoisotopic (exact) mass is 300 g/mol. The number of amides is 1. The Bertz CT molecular complexity index is 633. The van der Waals surface area contributed by atoms with Gasteiger partial charge in [0.05, 0.1) is 7.11 Å². The number of thioether (sulfide) groups is 1. The number of ether oxygens (including phenoxy) is 1. The van der Waals surface area contributed by atoms with Gasteiger partial charge in [-0.05, 0) is 17.7 Å². The molecule has 108 valence electrons. The van der Waals surface area contributed by atoms with Crippen molar-refractivity contribution in [1.29, 1.82) is 0 Å². The highest BCUT2D eigenvalue weighted by Gasteiger charge is 2.32. The van der Waals surface area contributed by atoms with E-state index < -0.39 is 0 Å². The zero-order chi connectivity index (χ0) is 14.7. The Morgan fingerprint density at radius 1 is 1.29 bits per heavy atom. The van der Waals surface area contributed by atoms with Crippen molar-refractivity contribution in [3.8, 4) is 5.88 Å². The summed E-state index contributed by atoms with van der Waals surface area (Å²) < 4.78 is 5.20. The molecule has 0 N–H and O–H groups in total. The Labute approximate surface area is 128 Å². The van der Waals surface area contributed by atoms with Crippen LogP contribution in [0.1, 0.15) is 21.3 Å². The molecule has 1 fully saturated rings. The van der Waals surface area contributed by atoms with Gasteiger partial charge in [0.15, 0.2) is 0 Å². The van der Waals surface area contributed by atoms with Crippen LogP contribution in [0.15, 0.2) is 48.7 Å². The van der Waals surface area contributed by atoms with Crippen molar-refractivity contribution < 1.29 is 9.53 Å². The summed E-state index contributed by atoms with van der Waals surface area (Å²) in [5, 5.41) is 0.0589. The van der Waals surface area contributed by atoms with E-state index in [1.807, 2.05) is 23.1 Å². The lowest BCUT2D eigenvalue weighted by Gasteiger charge is -2.24. The third kappa shape index (κ3) is 2.74. The van der Waals surface area contributed by atoms with Crippen molar-refractivity contribution in [3.05, 3.63) is 59.8 Å². The lowest BCUT2D eigenvalue weighted by molar-refractivity contribution is 0.0756. The molecule has 1 aromatic heterocycles. The number of rotatable bonds is 3. The molecular formula is C16H16N2O2S. The Morgan fingerprint density at radius 2 is 2.10 bits per heavy atom. The molecule has 0 bridgehead atoms. The summed E-state index contributed by atoms with van der Waals surface area (Å²) in [6, 6.07) is 13.6. The molecule has 0 spiro atoms. The molecule has 2 aromatic rings. The second-order valence-corrected chi connectivity index (χ2v) is 5.88. The van der Waals surface area contributed by atoms with Crippen LogP contribution in [0.5, 0.6) is 5.88 Å². The lowest BCUT2D eigenvalue weighted by Crippen LogP contribution is -2.30. The van der Waals surface area contributed by atoms with Crippen molar-refractivity contribution in [3.63, 3.8) is 0 Å². The van der Waals surface area contributed by atoms with Crippen molar-refractivity contribution in [2.75, 3.05) is 19.4 Å². The molecular weight excluding hydrogens is 284 g/mol. The van der Waals surface area contributed by atoms with Crippen molar-refractivity contribution in [2.45, 2.75) is 5.37 Å². The minimum atomic E-state index is -0.0289. The molecule has 1 aromatic carbocycles. The van der Waals surface area contributed by atoms with Gasteiger partial charge < -0.3 is 9.64 Å². The topological polar surface area (TPSA) is 42.4 Å². The molecule has 1 aliphatic heterocycles. The third-order valence-electron chi connectivity index (χ3n) is 3.43. The first-order valence-corrected chi connectivity index (χ1v) is 7.82. The molecule has 0 saturated carbocycles. The van der Waals surface area contributed by atoms with Crippen molar-refractivity contribution in [1.82, 2.24) is 9.88 Å². The van der Waals surface area contributed by atoms with Crippen molar-refractivity contribution >= 4 is 17.7 Å². The van der Waals surface area contributed by atoms with Gasteiger partial charge in [-0.2, -0.15) is 0 Å². The molecule has 0 aliphatic carbocycles. The van der Waals surface area contributed by atoms with Crippen LogP contribution in [0.25, 0.3) is 0 Å². The number of hydrogen-bond donors (Lipinski definition) is 0. The van der Waals surface area contributed by atoms with Gasteiger partial charge in [0.2, 0.25) is 5.88 Å².